The van der Waals surface area contributed by atoms with Gasteiger partial charge in [0, 0.05) is 25.2 Å². The van der Waals surface area contributed by atoms with E-state index in [1.54, 1.807) is 0 Å². The smallest absolute Gasteiger partial charge is 0.0632 e. The van der Waals surface area contributed by atoms with E-state index in [1.165, 1.54) is 0 Å². The number of benzene rings is 1. The molecule has 4 N–H and O–H groups in total. The lowest BCUT2D eigenvalue weighted by Crippen LogP contribution is -2.43. The van der Waals surface area contributed by atoms with Gasteiger partial charge < -0.3 is 16.4 Å². The molecule has 1 aromatic carbocycles. The van der Waals surface area contributed by atoms with Crippen molar-refractivity contribution in [2.45, 2.75) is 18.9 Å². The largest absolute Gasteiger partial charge is 0.397 e. The van der Waals surface area contributed by atoms with E-state index in [-0.39, 0.29) is 6.04 Å². The molecule has 0 saturated carbocycles. The normalized spacial score (nSPS) is 22.4. The van der Waals surface area contributed by atoms with Crippen molar-refractivity contribution >= 4 is 11.4 Å². The molecular weight excluding hydrogens is 174 g/mol. The quantitative estimate of drug-likeness (QED) is 0.649. The van der Waals surface area contributed by atoms with Crippen LogP contribution in [0.1, 0.15) is 12.8 Å². The molecule has 0 aromatic heterocycles. The van der Waals surface area contributed by atoms with Crippen molar-refractivity contribution in [2.75, 3.05) is 23.7 Å². The minimum absolute atomic E-state index is 0.281. The first kappa shape index (κ1) is 9.34. The highest BCUT2D eigenvalue weighted by molar-refractivity contribution is 5.66. The van der Waals surface area contributed by atoms with Gasteiger partial charge in [0.15, 0.2) is 0 Å². The summed E-state index contributed by atoms with van der Waals surface area (Å²) in [5.41, 5.74) is 13.6. The molecule has 2 rings (SSSR count). The molecule has 0 bridgehead atoms. The maximum Gasteiger partial charge on any atom is 0.0632 e. The van der Waals surface area contributed by atoms with E-state index in [9.17, 15) is 0 Å². The molecule has 0 aliphatic carbocycles. The lowest BCUT2D eigenvalue weighted by atomic mass is 10.1. The summed E-state index contributed by atoms with van der Waals surface area (Å²) in [5.74, 6) is 0. The van der Waals surface area contributed by atoms with Gasteiger partial charge in [-0.3, -0.25) is 0 Å². The van der Waals surface area contributed by atoms with Crippen molar-refractivity contribution in [3.63, 3.8) is 0 Å². The summed E-state index contributed by atoms with van der Waals surface area (Å²) in [6.07, 6.45) is 2.27. The van der Waals surface area contributed by atoms with Crippen molar-refractivity contribution < 1.29 is 0 Å². The molecular formula is C11H16N3. The topological polar surface area (TPSA) is 55.3 Å². The molecule has 1 radical (unpaired) electrons. The molecule has 75 valence electrons. The summed E-state index contributed by atoms with van der Waals surface area (Å²) in [6, 6.07) is 9.12. The molecule has 1 aliphatic rings. The second-order valence-electron chi connectivity index (χ2n) is 3.82. The van der Waals surface area contributed by atoms with E-state index in [0.29, 0.717) is 0 Å². The third-order valence-electron chi connectivity index (χ3n) is 2.66. The Balaban J connectivity index is 2.18. The van der Waals surface area contributed by atoms with Gasteiger partial charge in [-0.1, -0.05) is 12.1 Å². The molecule has 1 aliphatic heterocycles. The van der Waals surface area contributed by atoms with Crippen molar-refractivity contribution in [1.82, 2.24) is 0 Å². The van der Waals surface area contributed by atoms with Crippen molar-refractivity contribution in [2.24, 2.45) is 5.73 Å². The highest BCUT2D eigenvalue weighted by atomic mass is 15.2. The van der Waals surface area contributed by atoms with E-state index in [0.717, 1.165) is 37.3 Å². The van der Waals surface area contributed by atoms with Crippen molar-refractivity contribution in [3.05, 3.63) is 24.3 Å². The van der Waals surface area contributed by atoms with Crippen LogP contribution in [0.5, 0.6) is 0 Å². The van der Waals surface area contributed by atoms with Crippen LogP contribution in [-0.4, -0.2) is 19.1 Å². The van der Waals surface area contributed by atoms with Gasteiger partial charge in [-0.15, -0.1) is 0 Å². The lowest BCUT2D eigenvalue weighted by Gasteiger charge is -2.33. The van der Waals surface area contributed by atoms with E-state index in [2.05, 4.69) is 11.0 Å². The maximum absolute atomic E-state index is 5.92. The summed E-state index contributed by atoms with van der Waals surface area (Å²) in [4.78, 5) is 2.25. The Hall–Kier alpha value is -1.22. The summed E-state index contributed by atoms with van der Waals surface area (Å²) < 4.78 is 0. The predicted molar refractivity (Wildman–Crippen MR) is 59.1 cm³/mol. The van der Waals surface area contributed by atoms with E-state index < -0.39 is 0 Å². The average Bonchev–Trinajstić information content (AvgIpc) is 2.18. The standard InChI is InChI=1S/C11H16N3/c12-9-4-3-7-14(8-9)11-6-2-1-5-10(11)13/h1-2,6,9H,3-4,7-8,12-13H2/t9-/m1/s1. The summed E-state index contributed by atoms with van der Waals surface area (Å²) in [6.45, 7) is 1.96. The Bertz CT molecular complexity index is 311. The number of hydrogen-bond acceptors (Lipinski definition) is 3. The fourth-order valence-electron chi connectivity index (χ4n) is 1.95. The van der Waals surface area contributed by atoms with Crippen LogP contribution in [0.4, 0.5) is 11.4 Å². The Morgan fingerprint density at radius 2 is 2.36 bits per heavy atom. The van der Waals surface area contributed by atoms with Crippen LogP contribution in [-0.2, 0) is 0 Å². The lowest BCUT2D eigenvalue weighted by molar-refractivity contribution is 0.506. The number of nitrogens with zero attached hydrogens (tertiary/aromatic N) is 1. The maximum atomic E-state index is 5.92. The van der Waals surface area contributed by atoms with Gasteiger partial charge in [0.25, 0.3) is 0 Å². The minimum Gasteiger partial charge on any atom is -0.397 e. The van der Waals surface area contributed by atoms with Crippen LogP contribution in [0.2, 0.25) is 0 Å². The van der Waals surface area contributed by atoms with Crippen LogP contribution >= 0.6 is 0 Å². The van der Waals surface area contributed by atoms with Gasteiger partial charge in [-0.25, -0.2) is 0 Å². The van der Waals surface area contributed by atoms with Gasteiger partial charge in [0.1, 0.15) is 0 Å². The first-order valence-electron chi connectivity index (χ1n) is 5.04. The molecule has 1 atom stereocenters. The number of nitrogen functional groups attached to an aromatic ring is 1. The van der Waals surface area contributed by atoms with Crippen molar-refractivity contribution in [3.8, 4) is 0 Å². The van der Waals surface area contributed by atoms with Gasteiger partial charge in [-0.2, -0.15) is 0 Å². The zero-order valence-electron chi connectivity index (χ0n) is 8.24. The zero-order valence-corrected chi connectivity index (χ0v) is 8.24. The van der Waals surface area contributed by atoms with Crippen LogP contribution in [0, 0.1) is 6.07 Å². The molecule has 0 amide bonds. The van der Waals surface area contributed by atoms with E-state index in [1.807, 2.05) is 18.2 Å². The number of hydrogen-bond donors (Lipinski definition) is 2. The molecule has 3 heteroatoms. The number of para-hydroxylation sites is 1. The Kier molecular flexibility index (Phi) is 2.59. The van der Waals surface area contributed by atoms with Crippen LogP contribution in [0.25, 0.3) is 0 Å². The molecule has 0 unspecified atom stereocenters. The fourth-order valence-corrected chi connectivity index (χ4v) is 1.95. The highest BCUT2D eigenvalue weighted by Gasteiger charge is 2.17. The second-order valence-corrected chi connectivity index (χ2v) is 3.82. The van der Waals surface area contributed by atoms with Gasteiger partial charge in [-0.05, 0) is 18.9 Å². The van der Waals surface area contributed by atoms with Crippen LogP contribution in [0.15, 0.2) is 18.2 Å². The van der Waals surface area contributed by atoms with E-state index >= 15 is 0 Å². The number of nitrogens with two attached hydrogens (primary N) is 2. The second kappa shape index (κ2) is 3.88. The summed E-state index contributed by atoms with van der Waals surface area (Å²) in [5, 5.41) is 0. The number of anilines is 2. The molecule has 1 heterocycles. The Labute approximate surface area is 84.7 Å². The Morgan fingerprint density at radius 3 is 3.07 bits per heavy atom. The Morgan fingerprint density at radius 1 is 1.50 bits per heavy atom. The molecule has 1 aromatic rings. The first-order valence-corrected chi connectivity index (χ1v) is 5.04. The minimum atomic E-state index is 0.281. The first-order chi connectivity index (χ1) is 6.77. The molecule has 3 nitrogen and oxygen atoms in total. The third-order valence-corrected chi connectivity index (χ3v) is 2.66. The number of rotatable bonds is 1. The SMILES string of the molecule is Nc1[c]cccc1N1CCC[C@@H](N)C1. The third kappa shape index (κ3) is 1.82. The zero-order chi connectivity index (χ0) is 9.97. The monoisotopic (exact) mass is 190 g/mol. The molecule has 1 saturated heterocycles. The summed E-state index contributed by atoms with van der Waals surface area (Å²) in [7, 11) is 0. The highest BCUT2D eigenvalue weighted by Crippen LogP contribution is 2.24. The molecule has 0 spiro atoms. The van der Waals surface area contributed by atoms with Crippen LogP contribution < -0.4 is 16.4 Å². The molecule has 1 fully saturated rings. The predicted octanol–water partition coefficient (Wildman–Crippen LogP) is 0.996. The fraction of sp³-hybridized carbons (Fsp3) is 0.455. The molecule has 14 heavy (non-hydrogen) atoms. The van der Waals surface area contributed by atoms with Crippen molar-refractivity contribution in [1.29, 1.82) is 0 Å². The van der Waals surface area contributed by atoms with Gasteiger partial charge >= 0.3 is 0 Å². The number of piperidine rings is 1. The van der Waals surface area contributed by atoms with Gasteiger partial charge in [0.05, 0.1) is 11.4 Å². The van der Waals surface area contributed by atoms with E-state index in [4.69, 9.17) is 11.5 Å². The average molecular weight is 190 g/mol. The van der Waals surface area contributed by atoms with Gasteiger partial charge in [0.2, 0.25) is 0 Å². The van der Waals surface area contributed by atoms with Crippen LogP contribution in [0.3, 0.4) is 0 Å². The summed E-state index contributed by atoms with van der Waals surface area (Å²) >= 11 is 0.